The first kappa shape index (κ1) is 13.8. The second-order valence-corrected chi connectivity index (χ2v) is 5.74. The summed E-state index contributed by atoms with van der Waals surface area (Å²) in [6.45, 7) is 1.85. The predicted octanol–water partition coefficient (Wildman–Crippen LogP) is 2.51. The van der Waals surface area contributed by atoms with Gasteiger partial charge in [-0.05, 0) is 30.1 Å². The molecule has 1 heterocycles. The van der Waals surface area contributed by atoms with Crippen molar-refractivity contribution in [3.05, 3.63) is 35.2 Å². The van der Waals surface area contributed by atoms with E-state index in [4.69, 9.17) is 10.5 Å². The number of hydrogen-bond donors (Lipinski definition) is 1. The van der Waals surface area contributed by atoms with E-state index in [1.807, 2.05) is 19.1 Å². The fraction of sp³-hybridized carbons (Fsp3) is 0.250. The first-order valence-electron chi connectivity index (χ1n) is 5.50. The molecule has 0 amide bonds. The Kier molecular flexibility index (Phi) is 4.39. The molecule has 19 heavy (non-hydrogen) atoms. The molecule has 0 aliphatic rings. The molecule has 0 aliphatic heterocycles. The fourth-order valence-electron chi connectivity index (χ4n) is 1.57. The zero-order chi connectivity index (χ0) is 13.8. The largest absolute Gasteiger partial charge is 0.465 e. The highest BCUT2D eigenvalue weighted by molar-refractivity contribution is 8.00. The number of aromatic nitrogens is 2. The highest BCUT2D eigenvalue weighted by Crippen LogP contribution is 2.28. The van der Waals surface area contributed by atoms with Crippen LogP contribution in [-0.2, 0) is 10.5 Å². The van der Waals surface area contributed by atoms with Crippen LogP contribution in [0.25, 0.3) is 0 Å². The van der Waals surface area contributed by atoms with Crippen LogP contribution in [0, 0.1) is 6.92 Å². The molecule has 7 heteroatoms. The van der Waals surface area contributed by atoms with Crippen molar-refractivity contribution in [3.63, 3.8) is 0 Å². The standard InChI is InChI=1S/C12H13N3O2S2/c1-7-14-12(19-15-7)18-6-8-4-3-5-9(13)10(8)11(16)17-2/h3-5H,6,13H2,1-2H3. The van der Waals surface area contributed by atoms with Crippen molar-refractivity contribution in [1.82, 2.24) is 9.36 Å². The van der Waals surface area contributed by atoms with Gasteiger partial charge in [0.25, 0.3) is 0 Å². The van der Waals surface area contributed by atoms with Gasteiger partial charge in [0.05, 0.1) is 12.7 Å². The number of carbonyl (C=O) groups is 1. The van der Waals surface area contributed by atoms with Crippen molar-refractivity contribution in [2.24, 2.45) is 0 Å². The highest BCUT2D eigenvalue weighted by Gasteiger charge is 2.15. The quantitative estimate of drug-likeness (QED) is 0.530. The number of thioether (sulfide) groups is 1. The summed E-state index contributed by atoms with van der Waals surface area (Å²) in [5.74, 6) is 0.944. The van der Waals surface area contributed by atoms with Crippen LogP contribution in [0.4, 0.5) is 5.69 Å². The van der Waals surface area contributed by atoms with E-state index in [1.165, 1.54) is 30.4 Å². The summed E-state index contributed by atoms with van der Waals surface area (Å²) in [6, 6.07) is 5.38. The van der Waals surface area contributed by atoms with E-state index in [2.05, 4.69) is 9.36 Å². The average Bonchev–Trinajstić information content (AvgIpc) is 2.81. The minimum Gasteiger partial charge on any atom is -0.465 e. The van der Waals surface area contributed by atoms with Gasteiger partial charge in [-0.25, -0.2) is 9.78 Å². The summed E-state index contributed by atoms with van der Waals surface area (Å²) >= 11 is 2.87. The van der Waals surface area contributed by atoms with Crippen molar-refractivity contribution >= 4 is 35.0 Å². The number of esters is 1. The number of nitrogen functional groups attached to an aromatic ring is 1. The Balaban J connectivity index is 2.20. The summed E-state index contributed by atoms with van der Waals surface area (Å²) < 4.78 is 9.74. The van der Waals surface area contributed by atoms with Crippen LogP contribution in [0.5, 0.6) is 0 Å². The van der Waals surface area contributed by atoms with Crippen molar-refractivity contribution < 1.29 is 9.53 Å². The molecule has 2 rings (SSSR count). The van der Waals surface area contributed by atoms with Gasteiger partial charge in [-0.2, -0.15) is 4.37 Å². The Morgan fingerprint density at radius 3 is 2.95 bits per heavy atom. The summed E-state index contributed by atoms with van der Waals surface area (Å²) in [4.78, 5) is 16.0. The lowest BCUT2D eigenvalue weighted by atomic mass is 10.1. The van der Waals surface area contributed by atoms with Gasteiger partial charge in [-0.1, -0.05) is 23.9 Å². The second kappa shape index (κ2) is 6.03. The fourth-order valence-corrected chi connectivity index (χ4v) is 3.21. The monoisotopic (exact) mass is 295 g/mol. The number of rotatable bonds is 4. The SMILES string of the molecule is COC(=O)c1c(N)cccc1CSc1nc(C)ns1. The summed E-state index contributed by atoms with van der Waals surface area (Å²) in [5.41, 5.74) is 7.53. The van der Waals surface area contributed by atoms with E-state index < -0.39 is 5.97 Å². The Morgan fingerprint density at radius 1 is 1.53 bits per heavy atom. The van der Waals surface area contributed by atoms with Crippen LogP contribution in [0.2, 0.25) is 0 Å². The van der Waals surface area contributed by atoms with Crippen molar-refractivity contribution in [2.75, 3.05) is 12.8 Å². The second-order valence-electron chi connectivity index (χ2n) is 3.77. The third-order valence-corrected chi connectivity index (χ3v) is 4.41. The van der Waals surface area contributed by atoms with Crippen LogP contribution in [0.1, 0.15) is 21.7 Å². The molecule has 100 valence electrons. The van der Waals surface area contributed by atoms with Gasteiger partial charge >= 0.3 is 5.97 Å². The minimum absolute atomic E-state index is 0.415. The van der Waals surface area contributed by atoms with Gasteiger partial charge in [0.1, 0.15) is 5.82 Å². The van der Waals surface area contributed by atoms with Crippen LogP contribution in [-0.4, -0.2) is 22.4 Å². The molecule has 2 aromatic rings. The Morgan fingerprint density at radius 2 is 2.32 bits per heavy atom. The van der Waals surface area contributed by atoms with Gasteiger partial charge < -0.3 is 10.5 Å². The topological polar surface area (TPSA) is 78.1 Å². The third kappa shape index (κ3) is 3.24. The van der Waals surface area contributed by atoms with Crippen molar-refractivity contribution in [2.45, 2.75) is 17.0 Å². The van der Waals surface area contributed by atoms with Crippen molar-refractivity contribution in [3.8, 4) is 0 Å². The molecule has 0 atom stereocenters. The molecule has 0 unspecified atom stereocenters. The lowest BCUT2D eigenvalue weighted by Crippen LogP contribution is -2.09. The maximum absolute atomic E-state index is 11.7. The molecule has 0 fully saturated rings. The van der Waals surface area contributed by atoms with E-state index in [0.717, 1.165) is 15.7 Å². The number of nitrogens with zero attached hydrogens (tertiary/aromatic N) is 2. The van der Waals surface area contributed by atoms with Crippen LogP contribution < -0.4 is 5.73 Å². The van der Waals surface area contributed by atoms with Gasteiger partial charge in [0.15, 0.2) is 4.34 Å². The maximum atomic E-state index is 11.7. The smallest absolute Gasteiger partial charge is 0.340 e. The molecule has 0 spiro atoms. The number of aryl methyl sites for hydroxylation is 1. The first-order valence-corrected chi connectivity index (χ1v) is 7.26. The molecule has 5 nitrogen and oxygen atoms in total. The van der Waals surface area contributed by atoms with Crippen LogP contribution in [0.3, 0.4) is 0 Å². The Hall–Kier alpha value is -1.60. The number of methoxy groups -OCH3 is 1. The van der Waals surface area contributed by atoms with Gasteiger partial charge in [0, 0.05) is 11.4 Å². The van der Waals surface area contributed by atoms with E-state index in [0.29, 0.717) is 17.0 Å². The third-order valence-electron chi connectivity index (χ3n) is 2.43. The number of benzene rings is 1. The normalized spacial score (nSPS) is 10.4. The van der Waals surface area contributed by atoms with E-state index in [1.54, 1.807) is 6.07 Å². The number of ether oxygens (including phenoxy) is 1. The first-order chi connectivity index (χ1) is 9.11. The zero-order valence-electron chi connectivity index (χ0n) is 10.5. The molecule has 0 saturated carbocycles. The molecular weight excluding hydrogens is 282 g/mol. The lowest BCUT2D eigenvalue weighted by molar-refractivity contribution is 0.0601. The molecule has 1 aromatic heterocycles. The maximum Gasteiger partial charge on any atom is 0.340 e. The molecule has 0 saturated heterocycles. The molecule has 0 aliphatic carbocycles. The number of nitrogens with two attached hydrogens (primary N) is 1. The number of anilines is 1. The van der Waals surface area contributed by atoms with Gasteiger partial charge in [0.2, 0.25) is 0 Å². The van der Waals surface area contributed by atoms with E-state index in [-0.39, 0.29) is 0 Å². The van der Waals surface area contributed by atoms with Gasteiger partial charge in [-0.3, -0.25) is 0 Å². The van der Waals surface area contributed by atoms with Crippen LogP contribution in [0.15, 0.2) is 22.5 Å². The van der Waals surface area contributed by atoms with Crippen LogP contribution >= 0.6 is 23.3 Å². The Bertz CT molecular complexity index is 598. The molecule has 0 radical (unpaired) electrons. The molecule has 0 bridgehead atoms. The van der Waals surface area contributed by atoms with Crippen molar-refractivity contribution in [1.29, 1.82) is 0 Å². The van der Waals surface area contributed by atoms with E-state index >= 15 is 0 Å². The lowest BCUT2D eigenvalue weighted by Gasteiger charge is -2.09. The zero-order valence-corrected chi connectivity index (χ0v) is 12.2. The number of carbonyl (C=O) groups excluding carboxylic acids is 1. The summed E-state index contributed by atoms with van der Waals surface area (Å²) in [7, 11) is 1.35. The summed E-state index contributed by atoms with van der Waals surface area (Å²) in [5, 5.41) is 0. The molecular formula is C12H13N3O2S2. The molecule has 2 N–H and O–H groups in total. The molecule has 1 aromatic carbocycles. The predicted molar refractivity (Wildman–Crippen MR) is 76.4 cm³/mol. The average molecular weight is 295 g/mol. The van der Waals surface area contributed by atoms with Gasteiger partial charge in [-0.15, -0.1) is 0 Å². The highest BCUT2D eigenvalue weighted by atomic mass is 32.2. The Labute approximate surface area is 119 Å². The number of hydrogen-bond acceptors (Lipinski definition) is 7. The van der Waals surface area contributed by atoms with E-state index in [9.17, 15) is 4.79 Å². The minimum atomic E-state index is -0.415. The summed E-state index contributed by atoms with van der Waals surface area (Å²) in [6.07, 6.45) is 0.